The van der Waals surface area contributed by atoms with Gasteiger partial charge >= 0.3 is 0 Å². The zero-order valence-corrected chi connectivity index (χ0v) is 13.6. The van der Waals surface area contributed by atoms with Gasteiger partial charge in [-0.15, -0.1) is 10.2 Å². The van der Waals surface area contributed by atoms with Crippen LogP contribution in [0, 0.1) is 0 Å². The maximum Gasteiger partial charge on any atom is 0.203 e. The van der Waals surface area contributed by atoms with Gasteiger partial charge in [-0.2, -0.15) is 0 Å². The molecule has 0 fully saturated rings. The van der Waals surface area contributed by atoms with Gasteiger partial charge in [0.25, 0.3) is 0 Å². The third-order valence-corrected chi connectivity index (χ3v) is 5.14. The summed E-state index contributed by atoms with van der Waals surface area (Å²) in [4.78, 5) is 0. The van der Waals surface area contributed by atoms with Crippen LogP contribution >= 0.6 is 39.0 Å². The van der Waals surface area contributed by atoms with E-state index in [0.717, 1.165) is 20.1 Å². The number of nitrogens with two attached hydrogens (primary N) is 1. The molecule has 0 bridgehead atoms. The predicted molar refractivity (Wildman–Crippen MR) is 81.1 cm³/mol. The molecule has 1 aromatic heterocycles. The summed E-state index contributed by atoms with van der Waals surface area (Å²) in [7, 11) is 3.23. The molecule has 0 aliphatic rings. The Morgan fingerprint density at radius 1 is 1.32 bits per heavy atom. The van der Waals surface area contributed by atoms with Crippen molar-refractivity contribution in [2.45, 2.75) is 10.1 Å². The third kappa shape index (κ3) is 3.31. The summed E-state index contributed by atoms with van der Waals surface area (Å²) in [6.45, 7) is 0. The van der Waals surface area contributed by atoms with Crippen LogP contribution in [0.1, 0.15) is 5.56 Å². The molecule has 0 radical (unpaired) electrons. The summed E-state index contributed by atoms with van der Waals surface area (Å²) >= 11 is 6.49. The van der Waals surface area contributed by atoms with Crippen LogP contribution < -0.4 is 15.2 Å². The number of thioether (sulfide) groups is 1. The molecule has 2 N–H and O–H groups in total. The van der Waals surface area contributed by atoms with Crippen molar-refractivity contribution in [1.29, 1.82) is 0 Å². The molecule has 0 atom stereocenters. The van der Waals surface area contributed by atoms with Crippen molar-refractivity contribution < 1.29 is 9.47 Å². The van der Waals surface area contributed by atoms with Crippen LogP contribution in [0.2, 0.25) is 0 Å². The molecule has 0 aliphatic heterocycles. The van der Waals surface area contributed by atoms with E-state index in [-0.39, 0.29) is 0 Å². The number of methoxy groups -OCH3 is 2. The lowest BCUT2D eigenvalue weighted by Gasteiger charge is -2.12. The monoisotopic (exact) mass is 361 g/mol. The summed E-state index contributed by atoms with van der Waals surface area (Å²) in [6, 6.07) is 3.87. The molecule has 0 amide bonds. The van der Waals surface area contributed by atoms with E-state index in [1.807, 2.05) is 12.1 Å². The van der Waals surface area contributed by atoms with Crippen molar-refractivity contribution in [3.05, 3.63) is 22.2 Å². The highest BCUT2D eigenvalue weighted by Gasteiger charge is 2.13. The van der Waals surface area contributed by atoms with Crippen LogP contribution in [-0.4, -0.2) is 24.4 Å². The molecular formula is C11H12BrN3O2S2. The number of halogens is 1. The minimum Gasteiger partial charge on any atom is -0.493 e. The first-order valence-electron chi connectivity index (χ1n) is 5.26. The van der Waals surface area contributed by atoms with Crippen molar-refractivity contribution >= 4 is 44.2 Å². The molecule has 102 valence electrons. The van der Waals surface area contributed by atoms with Crippen molar-refractivity contribution in [3.8, 4) is 11.5 Å². The molecule has 5 nitrogen and oxygen atoms in total. The van der Waals surface area contributed by atoms with Crippen LogP contribution in [0.15, 0.2) is 20.9 Å². The van der Waals surface area contributed by atoms with Crippen molar-refractivity contribution in [2.24, 2.45) is 0 Å². The van der Waals surface area contributed by atoms with E-state index in [2.05, 4.69) is 26.1 Å². The first-order chi connectivity index (χ1) is 9.15. The molecule has 0 unspecified atom stereocenters. The Balaban J connectivity index is 2.16. The van der Waals surface area contributed by atoms with E-state index in [0.29, 0.717) is 16.6 Å². The standard InChI is InChI=1S/C11H12BrN3O2S2/c1-16-7-4-3-6(8(12)9(7)17-2)5-18-11-15-14-10(13)19-11/h3-4H,5H2,1-2H3,(H2,13,14). The number of aromatic nitrogens is 2. The lowest BCUT2D eigenvalue weighted by atomic mass is 10.2. The van der Waals surface area contributed by atoms with Gasteiger partial charge in [0.15, 0.2) is 15.8 Å². The molecule has 1 heterocycles. The smallest absolute Gasteiger partial charge is 0.203 e. The maximum absolute atomic E-state index is 5.55. The van der Waals surface area contributed by atoms with Gasteiger partial charge in [-0.3, -0.25) is 0 Å². The molecule has 1 aromatic carbocycles. The van der Waals surface area contributed by atoms with Crippen molar-refractivity contribution in [3.63, 3.8) is 0 Å². The number of nitrogen functional groups attached to an aromatic ring is 1. The molecule has 0 spiro atoms. The van der Waals surface area contributed by atoms with Crippen LogP contribution in [-0.2, 0) is 5.75 Å². The van der Waals surface area contributed by atoms with E-state index in [1.54, 1.807) is 26.0 Å². The quantitative estimate of drug-likeness (QED) is 0.824. The predicted octanol–water partition coefficient (Wildman–Crippen LogP) is 3.19. The molecule has 19 heavy (non-hydrogen) atoms. The Kier molecular flexibility index (Phi) is 4.89. The summed E-state index contributed by atoms with van der Waals surface area (Å²) in [5.41, 5.74) is 6.64. The second kappa shape index (κ2) is 6.44. The molecular weight excluding hydrogens is 350 g/mol. The summed E-state index contributed by atoms with van der Waals surface area (Å²) < 4.78 is 12.3. The Labute approximate surface area is 127 Å². The number of rotatable bonds is 5. The van der Waals surface area contributed by atoms with Gasteiger partial charge in [0.1, 0.15) is 0 Å². The lowest BCUT2D eigenvalue weighted by Crippen LogP contribution is -1.94. The van der Waals surface area contributed by atoms with Gasteiger partial charge < -0.3 is 15.2 Å². The summed E-state index contributed by atoms with van der Waals surface area (Å²) in [6.07, 6.45) is 0. The second-order valence-electron chi connectivity index (χ2n) is 3.47. The van der Waals surface area contributed by atoms with E-state index >= 15 is 0 Å². The van der Waals surface area contributed by atoms with E-state index in [9.17, 15) is 0 Å². The van der Waals surface area contributed by atoms with Crippen LogP contribution in [0.25, 0.3) is 0 Å². The number of benzene rings is 1. The number of hydrogen-bond donors (Lipinski definition) is 1. The van der Waals surface area contributed by atoms with Gasteiger partial charge in [0.05, 0.1) is 18.7 Å². The number of nitrogens with zero attached hydrogens (tertiary/aromatic N) is 2. The molecule has 2 rings (SSSR count). The Bertz CT molecular complexity index is 577. The fourth-order valence-corrected chi connectivity index (χ4v) is 3.90. The molecule has 8 heteroatoms. The fraction of sp³-hybridized carbons (Fsp3) is 0.273. The van der Waals surface area contributed by atoms with Gasteiger partial charge in [-0.25, -0.2) is 0 Å². The zero-order chi connectivity index (χ0) is 13.8. The van der Waals surface area contributed by atoms with E-state index in [1.165, 1.54) is 11.3 Å². The van der Waals surface area contributed by atoms with Crippen molar-refractivity contribution in [2.75, 3.05) is 20.0 Å². The van der Waals surface area contributed by atoms with Crippen LogP contribution in [0.3, 0.4) is 0 Å². The van der Waals surface area contributed by atoms with Crippen LogP contribution in [0.4, 0.5) is 5.13 Å². The average Bonchev–Trinajstić information content (AvgIpc) is 2.82. The minimum absolute atomic E-state index is 0.480. The number of anilines is 1. The van der Waals surface area contributed by atoms with E-state index in [4.69, 9.17) is 15.2 Å². The van der Waals surface area contributed by atoms with Gasteiger partial charge in [0, 0.05) is 5.75 Å². The van der Waals surface area contributed by atoms with Gasteiger partial charge in [-0.05, 0) is 27.6 Å². The minimum atomic E-state index is 0.480. The first kappa shape index (κ1) is 14.4. The summed E-state index contributed by atoms with van der Waals surface area (Å²) in [5.74, 6) is 2.14. The highest BCUT2D eigenvalue weighted by atomic mass is 79.9. The van der Waals surface area contributed by atoms with Gasteiger partial charge in [0.2, 0.25) is 5.13 Å². The highest BCUT2D eigenvalue weighted by molar-refractivity contribution is 9.10. The molecule has 0 aliphatic carbocycles. The third-order valence-electron chi connectivity index (χ3n) is 2.34. The van der Waals surface area contributed by atoms with Crippen LogP contribution in [0.5, 0.6) is 11.5 Å². The lowest BCUT2D eigenvalue weighted by molar-refractivity contribution is 0.353. The highest BCUT2D eigenvalue weighted by Crippen LogP contribution is 2.39. The molecule has 0 saturated heterocycles. The summed E-state index contributed by atoms with van der Waals surface area (Å²) in [5, 5.41) is 8.23. The largest absolute Gasteiger partial charge is 0.493 e. The Morgan fingerprint density at radius 3 is 2.68 bits per heavy atom. The zero-order valence-electron chi connectivity index (χ0n) is 10.3. The average molecular weight is 362 g/mol. The first-order valence-corrected chi connectivity index (χ1v) is 7.86. The SMILES string of the molecule is COc1ccc(CSc2nnc(N)s2)c(Br)c1OC. The Hall–Kier alpha value is -0.990. The van der Waals surface area contributed by atoms with Crippen molar-refractivity contribution in [1.82, 2.24) is 10.2 Å². The number of hydrogen-bond acceptors (Lipinski definition) is 7. The van der Waals surface area contributed by atoms with Gasteiger partial charge in [-0.1, -0.05) is 29.2 Å². The topological polar surface area (TPSA) is 70.3 Å². The Morgan fingerprint density at radius 2 is 2.11 bits per heavy atom. The molecule has 2 aromatic rings. The normalized spacial score (nSPS) is 10.5. The molecule has 0 saturated carbocycles. The number of ether oxygens (including phenoxy) is 2. The fourth-order valence-electron chi connectivity index (χ4n) is 1.46. The van der Waals surface area contributed by atoms with E-state index < -0.39 is 0 Å². The second-order valence-corrected chi connectivity index (χ2v) is 6.49. The maximum atomic E-state index is 5.55.